The maximum Gasteiger partial charge on any atom is 0.244 e. The predicted molar refractivity (Wildman–Crippen MR) is 160 cm³/mol. The van der Waals surface area contributed by atoms with Crippen molar-refractivity contribution < 1.29 is 18.0 Å². The first-order valence-corrected chi connectivity index (χ1v) is 15.5. The van der Waals surface area contributed by atoms with E-state index in [-0.39, 0.29) is 24.9 Å². The van der Waals surface area contributed by atoms with Crippen molar-refractivity contribution in [1.29, 1.82) is 0 Å². The Morgan fingerprint density at radius 3 is 2.21 bits per heavy atom. The molecule has 0 spiro atoms. The van der Waals surface area contributed by atoms with Crippen molar-refractivity contribution in [2.24, 2.45) is 0 Å². The molecule has 0 aromatic heterocycles. The summed E-state index contributed by atoms with van der Waals surface area (Å²) in [4.78, 5) is 29.2. The summed E-state index contributed by atoms with van der Waals surface area (Å²) in [6, 6.07) is 23.1. The molecule has 1 N–H and O–H groups in total. The van der Waals surface area contributed by atoms with E-state index in [2.05, 4.69) is 21.2 Å². The van der Waals surface area contributed by atoms with Crippen molar-refractivity contribution in [2.75, 3.05) is 17.1 Å². The number of nitrogens with zero attached hydrogens (tertiary/aromatic N) is 2. The topological polar surface area (TPSA) is 86.8 Å². The van der Waals surface area contributed by atoms with Crippen molar-refractivity contribution in [3.63, 3.8) is 0 Å². The fourth-order valence-corrected chi connectivity index (χ4v) is 5.36. The zero-order valence-corrected chi connectivity index (χ0v) is 25.2. The van der Waals surface area contributed by atoms with Crippen molar-refractivity contribution in [3.8, 4) is 0 Å². The van der Waals surface area contributed by atoms with Gasteiger partial charge in [-0.2, -0.15) is 0 Å². The Labute approximate surface area is 240 Å². The summed E-state index contributed by atoms with van der Waals surface area (Å²) >= 11 is 3.38. The molecule has 3 rings (SSSR count). The number of anilines is 1. The van der Waals surface area contributed by atoms with Crippen LogP contribution in [0.5, 0.6) is 0 Å². The van der Waals surface area contributed by atoms with Crippen LogP contribution in [-0.2, 0) is 32.6 Å². The standard InChI is InChI=1S/C30H36BrN3O4S/c1-5-23(3)32-30(36)28(18-24-10-7-6-8-11-24)33(20-25-16-14-22(2)15-17-25)29(35)21-34(39(4,37)38)27-13-9-12-26(31)19-27/h6-17,19,23,28H,5,18,20-21H2,1-4H3,(H,32,36). The lowest BCUT2D eigenvalue weighted by atomic mass is 10.0. The van der Waals surface area contributed by atoms with Crippen LogP contribution in [-0.4, -0.2) is 50.0 Å². The fourth-order valence-electron chi connectivity index (χ4n) is 4.13. The second kappa shape index (κ2) is 13.8. The molecule has 9 heteroatoms. The summed E-state index contributed by atoms with van der Waals surface area (Å²) in [5, 5.41) is 3.03. The molecule has 0 fully saturated rings. The molecule has 0 saturated heterocycles. The van der Waals surface area contributed by atoms with E-state index in [9.17, 15) is 18.0 Å². The lowest BCUT2D eigenvalue weighted by Crippen LogP contribution is -2.54. The number of benzene rings is 3. The summed E-state index contributed by atoms with van der Waals surface area (Å²) in [5.41, 5.74) is 3.18. The SMILES string of the molecule is CCC(C)NC(=O)C(Cc1ccccc1)N(Cc1ccc(C)cc1)C(=O)CN(c1cccc(Br)c1)S(C)(=O)=O. The Morgan fingerprint density at radius 2 is 1.62 bits per heavy atom. The minimum Gasteiger partial charge on any atom is -0.352 e. The first-order chi connectivity index (χ1) is 18.5. The van der Waals surface area contributed by atoms with Crippen LogP contribution in [0.3, 0.4) is 0 Å². The minimum atomic E-state index is -3.81. The Morgan fingerprint density at radius 1 is 0.949 bits per heavy atom. The van der Waals surface area contributed by atoms with Crippen LogP contribution in [0.15, 0.2) is 83.3 Å². The van der Waals surface area contributed by atoms with Crippen LogP contribution in [0, 0.1) is 6.92 Å². The number of rotatable bonds is 12. The summed E-state index contributed by atoms with van der Waals surface area (Å²) < 4.78 is 27.4. The summed E-state index contributed by atoms with van der Waals surface area (Å²) in [6.07, 6.45) is 2.10. The lowest BCUT2D eigenvalue weighted by molar-refractivity contribution is -0.140. The molecule has 0 aliphatic rings. The Balaban J connectivity index is 2.05. The smallest absolute Gasteiger partial charge is 0.244 e. The predicted octanol–water partition coefficient (Wildman–Crippen LogP) is 5.08. The van der Waals surface area contributed by atoms with Gasteiger partial charge >= 0.3 is 0 Å². The molecule has 2 amide bonds. The second-order valence-electron chi connectivity index (χ2n) is 9.78. The number of carbonyl (C=O) groups excluding carboxylic acids is 2. The van der Waals surface area contributed by atoms with Crippen LogP contribution in [0.4, 0.5) is 5.69 Å². The lowest BCUT2D eigenvalue weighted by Gasteiger charge is -2.34. The summed E-state index contributed by atoms with van der Waals surface area (Å²) in [5.74, 6) is -0.747. The number of hydrogen-bond acceptors (Lipinski definition) is 4. The van der Waals surface area contributed by atoms with E-state index in [0.29, 0.717) is 10.2 Å². The van der Waals surface area contributed by atoms with Crippen LogP contribution in [0.1, 0.15) is 37.0 Å². The monoisotopic (exact) mass is 613 g/mol. The number of amides is 2. The van der Waals surface area contributed by atoms with Gasteiger partial charge in [0, 0.05) is 23.5 Å². The molecule has 0 bridgehead atoms. The van der Waals surface area contributed by atoms with Crippen LogP contribution >= 0.6 is 15.9 Å². The normalized spacial score (nSPS) is 12.8. The van der Waals surface area contributed by atoms with Gasteiger partial charge in [0.2, 0.25) is 21.8 Å². The zero-order valence-electron chi connectivity index (χ0n) is 22.8. The van der Waals surface area contributed by atoms with Gasteiger partial charge in [-0.15, -0.1) is 0 Å². The maximum absolute atomic E-state index is 14.0. The zero-order chi connectivity index (χ0) is 28.6. The molecule has 3 aromatic rings. The molecule has 0 saturated carbocycles. The molecular weight excluding hydrogens is 578 g/mol. The van der Waals surface area contributed by atoms with Crippen LogP contribution in [0.2, 0.25) is 0 Å². The molecule has 0 aliphatic carbocycles. The van der Waals surface area contributed by atoms with E-state index in [1.54, 1.807) is 24.3 Å². The molecule has 208 valence electrons. The molecule has 2 atom stereocenters. The van der Waals surface area contributed by atoms with Gasteiger partial charge in [-0.05, 0) is 49.6 Å². The number of sulfonamides is 1. The average Bonchev–Trinajstić information content (AvgIpc) is 2.90. The Kier molecular flexibility index (Phi) is 10.7. The third kappa shape index (κ3) is 8.93. The highest BCUT2D eigenvalue weighted by atomic mass is 79.9. The van der Waals surface area contributed by atoms with E-state index in [1.807, 2.05) is 75.4 Å². The van der Waals surface area contributed by atoms with E-state index in [4.69, 9.17) is 0 Å². The van der Waals surface area contributed by atoms with Gasteiger partial charge in [-0.3, -0.25) is 13.9 Å². The van der Waals surface area contributed by atoms with Gasteiger partial charge in [-0.25, -0.2) is 8.42 Å². The quantitative estimate of drug-likeness (QED) is 0.309. The molecular formula is C30H36BrN3O4S. The van der Waals surface area contributed by atoms with Crippen LogP contribution < -0.4 is 9.62 Å². The van der Waals surface area contributed by atoms with Gasteiger partial charge in [0.15, 0.2) is 0 Å². The van der Waals surface area contributed by atoms with E-state index >= 15 is 0 Å². The average molecular weight is 615 g/mol. The van der Waals surface area contributed by atoms with Crippen molar-refractivity contribution >= 4 is 43.5 Å². The first kappa shape index (κ1) is 30.4. The number of carbonyl (C=O) groups is 2. The van der Waals surface area contributed by atoms with Gasteiger partial charge in [0.05, 0.1) is 11.9 Å². The molecule has 0 aliphatic heterocycles. The third-order valence-electron chi connectivity index (χ3n) is 6.52. The molecule has 7 nitrogen and oxygen atoms in total. The van der Waals surface area contributed by atoms with E-state index < -0.39 is 28.5 Å². The second-order valence-corrected chi connectivity index (χ2v) is 12.6. The molecule has 2 unspecified atom stereocenters. The van der Waals surface area contributed by atoms with Gasteiger partial charge in [-0.1, -0.05) is 89.1 Å². The number of hydrogen-bond donors (Lipinski definition) is 1. The third-order valence-corrected chi connectivity index (χ3v) is 8.15. The van der Waals surface area contributed by atoms with Gasteiger partial charge in [0.25, 0.3) is 0 Å². The largest absolute Gasteiger partial charge is 0.352 e. The summed E-state index contributed by atoms with van der Waals surface area (Å²) in [6.45, 7) is 5.59. The van der Waals surface area contributed by atoms with Gasteiger partial charge < -0.3 is 10.2 Å². The van der Waals surface area contributed by atoms with Gasteiger partial charge in [0.1, 0.15) is 12.6 Å². The molecule has 3 aromatic carbocycles. The fraction of sp³-hybridized carbons (Fsp3) is 0.333. The highest BCUT2D eigenvalue weighted by Gasteiger charge is 2.33. The molecule has 39 heavy (non-hydrogen) atoms. The highest BCUT2D eigenvalue weighted by Crippen LogP contribution is 2.23. The van der Waals surface area contributed by atoms with Crippen molar-refractivity contribution in [1.82, 2.24) is 10.2 Å². The number of halogens is 1. The Bertz CT molecular complexity index is 1360. The number of aryl methyl sites for hydroxylation is 1. The van der Waals surface area contributed by atoms with E-state index in [0.717, 1.165) is 33.7 Å². The van der Waals surface area contributed by atoms with Crippen molar-refractivity contribution in [3.05, 3.63) is 100 Å². The van der Waals surface area contributed by atoms with Crippen molar-refractivity contribution in [2.45, 2.75) is 52.2 Å². The minimum absolute atomic E-state index is 0.0821. The molecule has 0 heterocycles. The highest BCUT2D eigenvalue weighted by molar-refractivity contribution is 9.10. The van der Waals surface area contributed by atoms with E-state index in [1.165, 1.54) is 4.90 Å². The molecule has 0 radical (unpaired) electrons. The first-order valence-electron chi connectivity index (χ1n) is 12.9. The van der Waals surface area contributed by atoms with Crippen LogP contribution in [0.25, 0.3) is 0 Å². The summed E-state index contributed by atoms with van der Waals surface area (Å²) in [7, 11) is -3.81. The number of nitrogens with one attached hydrogen (secondary N) is 1. The maximum atomic E-state index is 14.0. The Hall–Kier alpha value is -3.17.